The summed E-state index contributed by atoms with van der Waals surface area (Å²) in [5.74, 6) is 1.01. The number of nitrogens with one attached hydrogen (secondary N) is 1. The molecule has 0 saturated carbocycles. The molecule has 0 aliphatic heterocycles. The van der Waals surface area contributed by atoms with Crippen molar-refractivity contribution in [3.8, 4) is 0 Å². The molecule has 0 amide bonds. The van der Waals surface area contributed by atoms with Gasteiger partial charge in [0.2, 0.25) is 0 Å². The van der Waals surface area contributed by atoms with Gasteiger partial charge in [0.15, 0.2) is 0 Å². The van der Waals surface area contributed by atoms with Gasteiger partial charge in [-0.2, -0.15) is 0 Å². The van der Waals surface area contributed by atoms with Crippen LogP contribution in [0, 0.1) is 10.1 Å². The molecule has 5 nitrogen and oxygen atoms in total. The topological polar surface area (TPSA) is 60.5 Å². The number of H-pyrrole nitrogens is 1. The number of aromatic nitrogens is 1. The van der Waals surface area contributed by atoms with Gasteiger partial charge in [-0.1, -0.05) is 38.1 Å². The van der Waals surface area contributed by atoms with Crippen molar-refractivity contribution in [2.24, 2.45) is 0 Å². The normalized spacial score (nSPS) is 10.7. The van der Waals surface area contributed by atoms with Gasteiger partial charge in [-0.25, -0.2) is 4.98 Å². The van der Waals surface area contributed by atoms with Crippen LogP contribution >= 0.6 is 0 Å². The van der Waals surface area contributed by atoms with E-state index in [9.17, 15) is 10.1 Å². The molecule has 0 bridgehead atoms. The summed E-state index contributed by atoms with van der Waals surface area (Å²) in [7, 11) is 1.84. The Morgan fingerprint density at radius 1 is 1.24 bits per heavy atom. The Bertz CT molecular complexity index is 624. The van der Waals surface area contributed by atoms with Crippen LogP contribution in [0.4, 0.5) is 11.5 Å². The molecule has 0 aliphatic rings. The summed E-state index contributed by atoms with van der Waals surface area (Å²) >= 11 is 0. The number of aromatic amines is 1. The van der Waals surface area contributed by atoms with Gasteiger partial charge in [0.05, 0.1) is 18.2 Å². The Kier molecular flexibility index (Phi) is 4.52. The van der Waals surface area contributed by atoms with E-state index in [1.54, 1.807) is 12.3 Å². The molecule has 2 rings (SSSR count). The molecule has 1 N–H and O–H groups in total. The van der Waals surface area contributed by atoms with Crippen molar-refractivity contribution in [3.63, 3.8) is 0 Å². The van der Waals surface area contributed by atoms with Gasteiger partial charge in [-0.15, -0.1) is 0 Å². The van der Waals surface area contributed by atoms with E-state index in [2.05, 4.69) is 43.1 Å². The number of nitro groups is 1. The standard InChI is InChI=1S/C16H19N3O2/c1-12(2)14-8-6-13(7-9-14)11-18(3)16-15(19(20)21)5-4-10-17-16/h4-10,12H,11H2,1-3H3/p+1. The number of pyridine rings is 1. The van der Waals surface area contributed by atoms with Crippen LogP contribution < -0.4 is 9.88 Å². The maximum absolute atomic E-state index is 11.1. The minimum atomic E-state index is -0.371. The van der Waals surface area contributed by atoms with Crippen molar-refractivity contribution in [3.05, 3.63) is 63.8 Å². The first-order valence-electron chi connectivity index (χ1n) is 6.94. The lowest BCUT2D eigenvalue weighted by Gasteiger charge is -2.12. The van der Waals surface area contributed by atoms with E-state index in [0.29, 0.717) is 18.3 Å². The fourth-order valence-electron chi connectivity index (χ4n) is 2.23. The smallest absolute Gasteiger partial charge is 0.258 e. The summed E-state index contributed by atoms with van der Waals surface area (Å²) in [4.78, 5) is 15.5. The first kappa shape index (κ1) is 15.0. The number of rotatable bonds is 5. The van der Waals surface area contributed by atoms with Gasteiger partial charge < -0.3 is 0 Å². The molecule has 2 aromatic rings. The molecule has 1 aromatic heterocycles. The van der Waals surface area contributed by atoms with Crippen LogP contribution in [0.25, 0.3) is 0 Å². The van der Waals surface area contributed by atoms with Gasteiger partial charge in [-0.3, -0.25) is 15.0 Å². The molecule has 0 saturated heterocycles. The molecular formula is C16H20N3O2+. The van der Waals surface area contributed by atoms with Gasteiger partial charge >= 0.3 is 11.5 Å². The molecule has 0 fully saturated rings. The largest absolute Gasteiger partial charge is 0.357 e. The summed E-state index contributed by atoms with van der Waals surface area (Å²) in [5, 5.41) is 11.1. The zero-order chi connectivity index (χ0) is 15.4. The van der Waals surface area contributed by atoms with E-state index >= 15 is 0 Å². The van der Waals surface area contributed by atoms with Crippen molar-refractivity contribution in [1.82, 2.24) is 0 Å². The van der Waals surface area contributed by atoms with Crippen LogP contribution in [0.15, 0.2) is 42.6 Å². The highest BCUT2D eigenvalue weighted by Gasteiger charge is 2.24. The van der Waals surface area contributed by atoms with E-state index in [4.69, 9.17) is 0 Å². The summed E-state index contributed by atoms with van der Waals surface area (Å²) in [6, 6.07) is 11.5. The fourth-order valence-corrected chi connectivity index (χ4v) is 2.23. The molecule has 1 heterocycles. The van der Waals surface area contributed by atoms with E-state index < -0.39 is 0 Å². The Labute approximate surface area is 124 Å². The molecule has 110 valence electrons. The minimum Gasteiger partial charge on any atom is -0.258 e. The summed E-state index contributed by atoms with van der Waals surface area (Å²) < 4.78 is 0. The van der Waals surface area contributed by atoms with Gasteiger partial charge in [-0.05, 0) is 23.1 Å². The Morgan fingerprint density at radius 3 is 2.48 bits per heavy atom. The summed E-state index contributed by atoms with van der Waals surface area (Å²) in [6.07, 6.45) is 1.70. The maximum atomic E-state index is 11.1. The zero-order valence-electron chi connectivity index (χ0n) is 12.5. The predicted molar refractivity (Wildman–Crippen MR) is 82.3 cm³/mol. The number of hydrogen-bond donors (Lipinski definition) is 0. The van der Waals surface area contributed by atoms with E-state index in [0.717, 1.165) is 5.56 Å². The molecule has 1 aromatic carbocycles. The second-order valence-corrected chi connectivity index (χ2v) is 5.41. The van der Waals surface area contributed by atoms with Crippen LogP contribution in [0.1, 0.15) is 30.9 Å². The average Bonchev–Trinajstić information content (AvgIpc) is 2.47. The summed E-state index contributed by atoms with van der Waals surface area (Å²) in [6.45, 7) is 4.92. The SMILES string of the molecule is CC(C)c1ccc(CN(C)c2[nH+]cccc2[N+](=O)[O-])cc1. The second kappa shape index (κ2) is 6.35. The minimum absolute atomic E-state index is 0.0822. The Hall–Kier alpha value is -2.43. The maximum Gasteiger partial charge on any atom is 0.357 e. The van der Waals surface area contributed by atoms with Gasteiger partial charge in [0.1, 0.15) is 6.54 Å². The lowest BCUT2D eigenvalue weighted by Crippen LogP contribution is -2.25. The van der Waals surface area contributed by atoms with Crippen molar-refractivity contribution in [2.45, 2.75) is 26.3 Å². The predicted octanol–water partition coefficient (Wildman–Crippen LogP) is 3.17. The highest BCUT2D eigenvalue weighted by molar-refractivity contribution is 5.52. The number of benzene rings is 1. The molecule has 5 heteroatoms. The van der Waals surface area contributed by atoms with E-state index in [1.807, 2.05) is 11.9 Å². The number of anilines is 1. The summed E-state index contributed by atoms with van der Waals surface area (Å²) in [5.41, 5.74) is 2.49. The molecule has 0 unspecified atom stereocenters. The molecule has 0 spiro atoms. The monoisotopic (exact) mass is 286 g/mol. The molecule has 21 heavy (non-hydrogen) atoms. The second-order valence-electron chi connectivity index (χ2n) is 5.41. The van der Waals surface area contributed by atoms with Crippen LogP contribution in [0.2, 0.25) is 0 Å². The highest BCUT2D eigenvalue weighted by atomic mass is 16.6. The van der Waals surface area contributed by atoms with Crippen LogP contribution in [0.5, 0.6) is 0 Å². The molecule has 0 atom stereocenters. The van der Waals surface area contributed by atoms with E-state index in [-0.39, 0.29) is 10.6 Å². The van der Waals surface area contributed by atoms with E-state index in [1.165, 1.54) is 11.6 Å². The fraction of sp³-hybridized carbons (Fsp3) is 0.312. The lowest BCUT2D eigenvalue weighted by molar-refractivity contribution is -0.411. The van der Waals surface area contributed by atoms with Crippen molar-refractivity contribution in [2.75, 3.05) is 11.9 Å². The van der Waals surface area contributed by atoms with Crippen LogP contribution in [-0.2, 0) is 6.54 Å². The van der Waals surface area contributed by atoms with Crippen molar-refractivity contribution >= 4 is 11.5 Å². The first-order valence-corrected chi connectivity index (χ1v) is 6.94. The van der Waals surface area contributed by atoms with Crippen LogP contribution in [-0.4, -0.2) is 12.0 Å². The first-order chi connectivity index (χ1) is 9.99. The highest BCUT2D eigenvalue weighted by Crippen LogP contribution is 2.23. The zero-order valence-corrected chi connectivity index (χ0v) is 12.5. The molecule has 0 radical (unpaired) electrons. The lowest BCUT2D eigenvalue weighted by atomic mass is 10.0. The number of hydrogen-bond acceptors (Lipinski definition) is 3. The number of nitrogens with zero attached hydrogens (tertiary/aromatic N) is 2. The third-order valence-electron chi connectivity index (χ3n) is 3.46. The van der Waals surface area contributed by atoms with Crippen LogP contribution in [0.3, 0.4) is 0 Å². The average molecular weight is 286 g/mol. The molecule has 0 aliphatic carbocycles. The third-order valence-corrected chi connectivity index (χ3v) is 3.46. The Morgan fingerprint density at radius 2 is 1.90 bits per heavy atom. The quantitative estimate of drug-likeness (QED) is 0.626. The molecular weight excluding hydrogens is 266 g/mol. The van der Waals surface area contributed by atoms with Crippen molar-refractivity contribution < 1.29 is 9.91 Å². The Balaban J connectivity index is 2.18. The van der Waals surface area contributed by atoms with Crippen molar-refractivity contribution in [1.29, 1.82) is 0 Å². The van der Waals surface area contributed by atoms with Gasteiger partial charge in [0.25, 0.3) is 0 Å². The van der Waals surface area contributed by atoms with Gasteiger partial charge in [0, 0.05) is 6.07 Å². The third kappa shape index (κ3) is 3.56.